The van der Waals surface area contributed by atoms with Gasteiger partial charge in [0.25, 0.3) is 0 Å². The number of hydrogen-bond acceptors (Lipinski definition) is 5. The highest BCUT2D eigenvalue weighted by Gasteiger charge is 2.09. The highest BCUT2D eigenvalue weighted by Crippen LogP contribution is 2.12. The van der Waals surface area contributed by atoms with Crippen molar-refractivity contribution in [1.82, 2.24) is 0 Å². The summed E-state index contributed by atoms with van der Waals surface area (Å²) in [5, 5.41) is 20.8. The highest BCUT2D eigenvalue weighted by atomic mass is 16.5. The van der Waals surface area contributed by atoms with Gasteiger partial charge in [0.1, 0.15) is 0 Å². The molecule has 100 valence electrons. The molecule has 0 fully saturated rings. The molecule has 0 saturated carbocycles. The number of carbonyl (C=O) groups excluding carboxylic acids is 1. The van der Waals surface area contributed by atoms with Crippen LogP contribution < -0.4 is 5.32 Å². The number of benzene rings is 1. The number of anilines is 1. The molecule has 0 amide bonds. The summed E-state index contributed by atoms with van der Waals surface area (Å²) in [7, 11) is 0. The van der Waals surface area contributed by atoms with Crippen molar-refractivity contribution in [2.45, 2.75) is 26.1 Å². The van der Waals surface area contributed by atoms with Gasteiger partial charge in [0.15, 0.2) is 0 Å². The van der Waals surface area contributed by atoms with E-state index < -0.39 is 6.10 Å². The minimum atomic E-state index is -0.823. The first-order valence-electron chi connectivity index (χ1n) is 5.86. The van der Waals surface area contributed by atoms with Crippen molar-refractivity contribution in [3.63, 3.8) is 0 Å². The van der Waals surface area contributed by atoms with Crippen LogP contribution in [-0.4, -0.2) is 41.5 Å². The molecule has 18 heavy (non-hydrogen) atoms. The Balaban J connectivity index is 2.64. The summed E-state index contributed by atoms with van der Waals surface area (Å²) in [6, 6.07) is 6.81. The van der Waals surface area contributed by atoms with E-state index in [2.05, 4.69) is 5.32 Å². The van der Waals surface area contributed by atoms with Gasteiger partial charge in [-0.25, -0.2) is 4.79 Å². The summed E-state index contributed by atoms with van der Waals surface area (Å²) in [6.45, 7) is 3.50. The van der Waals surface area contributed by atoms with E-state index in [9.17, 15) is 9.90 Å². The topological polar surface area (TPSA) is 78.8 Å². The Kier molecular flexibility index (Phi) is 5.61. The maximum absolute atomic E-state index is 11.7. The van der Waals surface area contributed by atoms with Crippen LogP contribution in [0.2, 0.25) is 0 Å². The van der Waals surface area contributed by atoms with Gasteiger partial charge in [-0.2, -0.15) is 0 Å². The minimum absolute atomic E-state index is 0.162. The number of hydrogen-bond donors (Lipinski definition) is 3. The van der Waals surface area contributed by atoms with E-state index in [1.54, 1.807) is 38.1 Å². The molecule has 1 unspecified atom stereocenters. The molecule has 5 heteroatoms. The van der Waals surface area contributed by atoms with Crippen LogP contribution >= 0.6 is 0 Å². The summed E-state index contributed by atoms with van der Waals surface area (Å²) < 4.78 is 5.08. The number of esters is 1. The number of carbonyl (C=O) groups is 1. The van der Waals surface area contributed by atoms with Gasteiger partial charge in [-0.1, -0.05) is 6.07 Å². The quantitative estimate of drug-likeness (QED) is 0.660. The lowest BCUT2D eigenvalue weighted by molar-refractivity contribution is 0.0378. The van der Waals surface area contributed by atoms with E-state index in [4.69, 9.17) is 9.84 Å². The smallest absolute Gasteiger partial charge is 0.338 e. The molecule has 0 aromatic heterocycles. The molecule has 1 aromatic carbocycles. The molecule has 1 atom stereocenters. The first kappa shape index (κ1) is 14.5. The molecule has 0 spiro atoms. The Morgan fingerprint density at radius 3 is 2.78 bits per heavy atom. The summed E-state index contributed by atoms with van der Waals surface area (Å²) in [6.07, 6.45) is -0.985. The molecule has 0 aliphatic carbocycles. The number of aliphatic hydroxyl groups is 2. The van der Waals surface area contributed by atoms with Gasteiger partial charge < -0.3 is 20.3 Å². The molecule has 3 N–H and O–H groups in total. The Morgan fingerprint density at radius 1 is 1.44 bits per heavy atom. The maximum Gasteiger partial charge on any atom is 0.338 e. The molecule has 0 radical (unpaired) electrons. The molecular formula is C13H19NO4. The largest absolute Gasteiger partial charge is 0.459 e. The second-order valence-electron chi connectivity index (χ2n) is 4.25. The summed E-state index contributed by atoms with van der Waals surface area (Å²) in [4.78, 5) is 11.7. The zero-order chi connectivity index (χ0) is 13.5. The van der Waals surface area contributed by atoms with Crippen LogP contribution in [0.3, 0.4) is 0 Å². The summed E-state index contributed by atoms with van der Waals surface area (Å²) in [5.41, 5.74) is 1.15. The van der Waals surface area contributed by atoms with Gasteiger partial charge in [0.2, 0.25) is 0 Å². The molecule has 0 saturated heterocycles. The molecule has 5 nitrogen and oxygen atoms in total. The second kappa shape index (κ2) is 6.98. The first-order valence-corrected chi connectivity index (χ1v) is 5.86. The maximum atomic E-state index is 11.7. The minimum Gasteiger partial charge on any atom is -0.459 e. The van der Waals surface area contributed by atoms with E-state index in [0.29, 0.717) is 11.3 Å². The van der Waals surface area contributed by atoms with Crippen molar-refractivity contribution in [1.29, 1.82) is 0 Å². The van der Waals surface area contributed by atoms with E-state index in [1.807, 2.05) is 0 Å². The fraction of sp³-hybridized carbons (Fsp3) is 0.462. The lowest BCUT2D eigenvalue weighted by atomic mass is 10.2. The fourth-order valence-corrected chi connectivity index (χ4v) is 1.34. The van der Waals surface area contributed by atoms with Gasteiger partial charge in [-0.3, -0.25) is 0 Å². The average molecular weight is 253 g/mol. The third-order valence-electron chi connectivity index (χ3n) is 2.19. The van der Waals surface area contributed by atoms with Crippen LogP contribution in [0.5, 0.6) is 0 Å². The lowest BCUT2D eigenvalue weighted by Gasteiger charge is -2.12. The molecule has 1 aromatic rings. The van der Waals surface area contributed by atoms with Crippen LogP contribution in [0.25, 0.3) is 0 Å². The van der Waals surface area contributed by atoms with Gasteiger partial charge in [0, 0.05) is 12.2 Å². The van der Waals surface area contributed by atoms with Crippen molar-refractivity contribution in [2.24, 2.45) is 0 Å². The second-order valence-corrected chi connectivity index (χ2v) is 4.25. The van der Waals surface area contributed by atoms with Crippen LogP contribution in [0.1, 0.15) is 24.2 Å². The average Bonchev–Trinajstić information content (AvgIpc) is 2.35. The molecule has 0 heterocycles. The van der Waals surface area contributed by atoms with E-state index >= 15 is 0 Å². The Labute approximate surface area is 106 Å². The Hall–Kier alpha value is -1.59. The molecule has 1 rings (SSSR count). The predicted molar refractivity (Wildman–Crippen MR) is 68.6 cm³/mol. The van der Waals surface area contributed by atoms with Gasteiger partial charge in [0.05, 0.1) is 24.4 Å². The zero-order valence-electron chi connectivity index (χ0n) is 10.6. The number of ether oxygens (including phenoxy) is 1. The van der Waals surface area contributed by atoms with Crippen molar-refractivity contribution >= 4 is 11.7 Å². The third-order valence-corrected chi connectivity index (χ3v) is 2.19. The van der Waals surface area contributed by atoms with Crippen LogP contribution in [0.15, 0.2) is 24.3 Å². The van der Waals surface area contributed by atoms with E-state index in [-0.39, 0.29) is 25.2 Å². The molecule has 0 bridgehead atoms. The zero-order valence-corrected chi connectivity index (χ0v) is 10.6. The Morgan fingerprint density at radius 2 is 2.17 bits per heavy atom. The standard InChI is InChI=1S/C13H19NO4/c1-9(2)18-13(17)10-4-3-5-11(6-10)14-7-12(16)8-15/h3-6,9,12,14-16H,7-8H2,1-2H3. The normalized spacial score (nSPS) is 12.3. The SMILES string of the molecule is CC(C)OC(=O)c1cccc(NCC(O)CO)c1. The lowest BCUT2D eigenvalue weighted by Crippen LogP contribution is -2.23. The molecule has 0 aliphatic rings. The van der Waals surface area contributed by atoms with Crippen molar-refractivity contribution in [3.8, 4) is 0 Å². The van der Waals surface area contributed by atoms with Gasteiger partial charge in [-0.15, -0.1) is 0 Å². The predicted octanol–water partition coefficient (Wildman–Crippen LogP) is 1.02. The van der Waals surface area contributed by atoms with Crippen molar-refractivity contribution in [2.75, 3.05) is 18.5 Å². The highest BCUT2D eigenvalue weighted by molar-refractivity contribution is 5.90. The third kappa shape index (κ3) is 4.73. The van der Waals surface area contributed by atoms with Crippen molar-refractivity contribution < 1.29 is 19.7 Å². The van der Waals surface area contributed by atoms with E-state index in [1.165, 1.54) is 0 Å². The van der Waals surface area contributed by atoms with Gasteiger partial charge in [-0.05, 0) is 32.0 Å². The first-order chi connectivity index (χ1) is 8.52. The summed E-state index contributed by atoms with van der Waals surface area (Å²) >= 11 is 0. The fourth-order valence-electron chi connectivity index (χ4n) is 1.34. The molecular weight excluding hydrogens is 234 g/mol. The molecule has 0 aliphatic heterocycles. The van der Waals surface area contributed by atoms with Crippen LogP contribution in [0.4, 0.5) is 5.69 Å². The number of aliphatic hydroxyl groups excluding tert-OH is 2. The van der Waals surface area contributed by atoms with Crippen LogP contribution in [0, 0.1) is 0 Å². The van der Waals surface area contributed by atoms with E-state index in [0.717, 1.165) is 0 Å². The van der Waals surface area contributed by atoms with Gasteiger partial charge >= 0.3 is 5.97 Å². The number of rotatable bonds is 6. The van der Waals surface area contributed by atoms with Crippen molar-refractivity contribution in [3.05, 3.63) is 29.8 Å². The van der Waals surface area contributed by atoms with Crippen LogP contribution in [-0.2, 0) is 4.74 Å². The summed E-state index contributed by atoms with van der Waals surface area (Å²) in [5.74, 6) is -0.378. The Bertz CT molecular complexity index is 392. The number of nitrogens with one attached hydrogen (secondary N) is 1. The monoisotopic (exact) mass is 253 g/mol.